The summed E-state index contributed by atoms with van der Waals surface area (Å²) >= 11 is 0. The summed E-state index contributed by atoms with van der Waals surface area (Å²) in [5, 5.41) is 2.91. The number of carbonyl (C=O) groups is 1. The zero-order chi connectivity index (χ0) is 11.3. The fourth-order valence-corrected chi connectivity index (χ4v) is 1.28. The predicted octanol–water partition coefficient (Wildman–Crippen LogP) is 2.77. The number of nitrogens with one attached hydrogen (secondary N) is 1. The van der Waals surface area contributed by atoms with Gasteiger partial charge in [0, 0.05) is 12.1 Å². The van der Waals surface area contributed by atoms with Crippen LogP contribution in [0.4, 0.5) is 0 Å². The molecule has 0 bridgehead atoms. The van der Waals surface area contributed by atoms with Gasteiger partial charge in [0.15, 0.2) is 0 Å². The van der Waals surface area contributed by atoms with Crippen LogP contribution in [0.5, 0.6) is 0 Å². The Labute approximate surface area is 91.7 Å². The predicted molar refractivity (Wildman–Crippen MR) is 63.0 cm³/mol. The second-order valence-electron chi connectivity index (χ2n) is 4.30. The van der Waals surface area contributed by atoms with E-state index >= 15 is 0 Å². The number of hydrogen-bond donors (Lipinski definition) is 1. The molecule has 0 atom stereocenters. The molecule has 0 fully saturated rings. The lowest BCUT2D eigenvalue weighted by atomic mass is 10.1. The third-order valence-electron chi connectivity index (χ3n) is 2.32. The molecule has 0 aliphatic rings. The van der Waals surface area contributed by atoms with Crippen LogP contribution in [0.3, 0.4) is 0 Å². The van der Waals surface area contributed by atoms with Crippen LogP contribution in [0.15, 0.2) is 24.3 Å². The highest BCUT2D eigenvalue weighted by Gasteiger charge is 2.03. The molecule has 1 N–H and O–H groups in total. The minimum Gasteiger partial charge on any atom is -0.352 e. The molecule has 1 aromatic carbocycles. The standard InChI is InChI=1S/C13H19NO/c1-10(2)8-9-14-13(15)12-6-4-11(3)5-7-12/h4-7,10H,8-9H2,1-3H3,(H,14,15). The summed E-state index contributed by atoms with van der Waals surface area (Å²) in [6, 6.07) is 7.63. The second kappa shape index (κ2) is 5.54. The highest BCUT2D eigenvalue weighted by molar-refractivity contribution is 5.94. The van der Waals surface area contributed by atoms with Gasteiger partial charge in [-0.2, -0.15) is 0 Å². The smallest absolute Gasteiger partial charge is 0.251 e. The van der Waals surface area contributed by atoms with Crippen LogP contribution < -0.4 is 5.32 Å². The molecular formula is C13H19NO. The molecule has 0 aromatic heterocycles. The average molecular weight is 205 g/mol. The first-order valence-corrected chi connectivity index (χ1v) is 5.44. The minimum atomic E-state index is 0.0238. The van der Waals surface area contributed by atoms with Crippen molar-refractivity contribution in [1.82, 2.24) is 5.32 Å². The molecule has 0 spiro atoms. The van der Waals surface area contributed by atoms with Crippen LogP contribution in [0.25, 0.3) is 0 Å². The first-order valence-electron chi connectivity index (χ1n) is 5.44. The zero-order valence-corrected chi connectivity index (χ0v) is 9.71. The first kappa shape index (κ1) is 11.8. The number of carbonyl (C=O) groups excluding carboxylic acids is 1. The van der Waals surface area contributed by atoms with Gasteiger partial charge in [-0.3, -0.25) is 4.79 Å². The van der Waals surface area contributed by atoms with Gasteiger partial charge in [0.25, 0.3) is 5.91 Å². The van der Waals surface area contributed by atoms with Gasteiger partial charge in [-0.1, -0.05) is 31.5 Å². The molecule has 2 heteroatoms. The lowest BCUT2D eigenvalue weighted by molar-refractivity contribution is 0.0952. The van der Waals surface area contributed by atoms with Crippen molar-refractivity contribution in [3.8, 4) is 0 Å². The molecule has 1 rings (SSSR count). The summed E-state index contributed by atoms with van der Waals surface area (Å²) in [6.07, 6.45) is 1.03. The average Bonchev–Trinajstić information content (AvgIpc) is 2.18. The van der Waals surface area contributed by atoms with Gasteiger partial charge in [0.1, 0.15) is 0 Å². The van der Waals surface area contributed by atoms with E-state index in [0.717, 1.165) is 18.5 Å². The fraction of sp³-hybridized carbons (Fsp3) is 0.462. The van der Waals surface area contributed by atoms with Crippen LogP contribution in [0.1, 0.15) is 36.2 Å². The summed E-state index contributed by atoms with van der Waals surface area (Å²) in [5.74, 6) is 0.652. The Kier molecular flexibility index (Phi) is 4.35. The van der Waals surface area contributed by atoms with Gasteiger partial charge in [0.2, 0.25) is 0 Å². The Morgan fingerprint density at radius 2 is 1.87 bits per heavy atom. The number of hydrogen-bond acceptors (Lipinski definition) is 1. The highest BCUT2D eigenvalue weighted by atomic mass is 16.1. The third kappa shape index (κ3) is 4.15. The largest absolute Gasteiger partial charge is 0.352 e. The van der Waals surface area contributed by atoms with Crippen LogP contribution in [0.2, 0.25) is 0 Å². The maximum Gasteiger partial charge on any atom is 0.251 e. The van der Waals surface area contributed by atoms with E-state index in [2.05, 4.69) is 19.2 Å². The van der Waals surface area contributed by atoms with Crippen molar-refractivity contribution in [3.05, 3.63) is 35.4 Å². The van der Waals surface area contributed by atoms with E-state index in [1.807, 2.05) is 31.2 Å². The van der Waals surface area contributed by atoms with Crippen LogP contribution in [-0.4, -0.2) is 12.5 Å². The summed E-state index contributed by atoms with van der Waals surface area (Å²) < 4.78 is 0. The molecule has 1 amide bonds. The van der Waals surface area contributed by atoms with E-state index in [0.29, 0.717) is 5.92 Å². The summed E-state index contributed by atoms with van der Waals surface area (Å²) in [6.45, 7) is 7.07. The monoisotopic (exact) mass is 205 g/mol. The van der Waals surface area contributed by atoms with Crippen molar-refractivity contribution >= 4 is 5.91 Å². The summed E-state index contributed by atoms with van der Waals surface area (Å²) in [4.78, 5) is 11.6. The second-order valence-corrected chi connectivity index (χ2v) is 4.30. The van der Waals surface area contributed by atoms with Gasteiger partial charge in [-0.05, 0) is 31.4 Å². The van der Waals surface area contributed by atoms with Gasteiger partial charge < -0.3 is 5.32 Å². The van der Waals surface area contributed by atoms with E-state index in [4.69, 9.17) is 0 Å². The molecule has 0 aliphatic heterocycles. The molecule has 0 aliphatic carbocycles. The lowest BCUT2D eigenvalue weighted by Crippen LogP contribution is -2.25. The number of benzene rings is 1. The van der Waals surface area contributed by atoms with Gasteiger partial charge in [-0.15, -0.1) is 0 Å². The maximum absolute atomic E-state index is 11.6. The number of aryl methyl sites for hydroxylation is 1. The maximum atomic E-state index is 11.6. The molecule has 15 heavy (non-hydrogen) atoms. The molecule has 2 nitrogen and oxygen atoms in total. The van der Waals surface area contributed by atoms with Crippen molar-refractivity contribution in [2.45, 2.75) is 27.2 Å². The van der Waals surface area contributed by atoms with Crippen molar-refractivity contribution in [2.75, 3.05) is 6.54 Å². The lowest BCUT2D eigenvalue weighted by Gasteiger charge is -2.07. The highest BCUT2D eigenvalue weighted by Crippen LogP contribution is 2.03. The van der Waals surface area contributed by atoms with Gasteiger partial charge in [0.05, 0.1) is 0 Å². The zero-order valence-electron chi connectivity index (χ0n) is 9.71. The van der Waals surface area contributed by atoms with Crippen LogP contribution in [-0.2, 0) is 0 Å². The summed E-state index contributed by atoms with van der Waals surface area (Å²) in [5.41, 5.74) is 1.91. The molecule has 82 valence electrons. The molecule has 0 radical (unpaired) electrons. The van der Waals surface area contributed by atoms with E-state index < -0.39 is 0 Å². The quantitative estimate of drug-likeness (QED) is 0.804. The van der Waals surface area contributed by atoms with E-state index in [-0.39, 0.29) is 5.91 Å². The van der Waals surface area contributed by atoms with Crippen molar-refractivity contribution < 1.29 is 4.79 Å². The Bertz CT molecular complexity index is 314. The topological polar surface area (TPSA) is 29.1 Å². The molecule has 1 aromatic rings. The van der Waals surface area contributed by atoms with E-state index in [1.54, 1.807) is 0 Å². The molecule has 0 saturated heterocycles. The minimum absolute atomic E-state index is 0.0238. The third-order valence-corrected chi connectivity index (χ3v) is 2.32. The normalized spacial score (nSPS) is 10.4. The van der Waals surface area contributed by atoms with Gasteiger partial charge >= 0.3 is 0 Å². The summed E-state index contributed by atoms with van der Waals surface area (Å²) in [7, 11) is 0. The van der Waals surface area contributed by atoms with Crippen LogP contribution in [0, 0.1) is 12.8 Å². The van der Waals surface area contributed by atoms with Crippen LogP contribution >= 0.6 is 0 Å². The molecular weight excluding hydrogens is 186 g/mol. The number of rotatable bonds is 4. The fourth-order valence-electron chi connectivity index (χ4n) is 1.28. The molecule has 0 unspecified atom stereocenters. The van der Waals surface area contributed by atoms with Crippen molar-refractivity contribution in [2.24, 2.45) is 5.92 Å². The van der Waals surface area contributed by atoms with Gasteiger partial charge in [-0.25, -0.2) is 0 Å². The molecule has 0 saturated carbocycles. The van der Waals surface area contributed by atoms with Crippen molar-refractivity contribution in [1.29, 1.82) is 0 Å². The Morgan fingerprint density at radius 1 is 1.27 bits per heavy atom. The number of amides is 1. The SMILES string of the molecule is Cc1ccc(C(=O)NCCC(C)C)cc1. The first-order chi connectivity index (χ1) is 7.09. The van der Waals surface area contributed by atoms with E-state index in [9.17, 15) is 4.79 Å². The Morgan fingerprint density at radius 3 is 2.40 bits per heavy atom. The Balaban J connectivity index is 2.43. The molecule has 0 heterocycles. The Hall–Kier alpha value is -1.31. The van der Waals surface area contributed by atoms with Crippen molar-refractivity contribution in [3.63, 3.8) is 0 Å². The van der Waals surface area contributed by atoms with E-state index in [1.165, 1.54) is 5.56 Å².